The van der Waals surface area contributed by atoms with Crippen molar-refractivity contribution in [3.8, 4) is 0 Å². The highest BCUT2D eigenvalue weighted by molar-refractivity contribution is 14.0. The highest BCUT2D eigenvalue weighted by atomic mass is 127. The van der Waals surface area contributed by atoms with Crippen LogP contribution in [0.5, 0.6) is 0 Å². The quantitative estimate of drug-likeness (QED) is 0.267. The molecule has 2 aromatic rings. The molecular formula is C19H27IN4O2S. The van der Waals surface area contributed by atoms with E-state index in [4.69, 9.17) is 0 Å². The zero-order valence-corrected chi connectivity index (χ0v) is 18.9. The van der Waals surface area contributed by atoms with E-state index in [1.165, 1.54) is 11.3 Å². The Morgan fingerprint density at radius 2 is 1.93 bits per heavy atom. The zero-order valence-electron chi connectivity index (χ0n) is 15.8. The lowest BCUT2D eigenvalue weighted by Gasteiger charge is -2.23. The van der Waals surface area contributed by atoms with E-state index in [1.807, 2.05) is 36.6 Å². The molecule has 6 nitrogen and oxygen atoms in total. The lowest BCUT2D eigenvalue weighted by atomic mass is 10.1. The number of carbonyl (C=O) groups is 1. The summed E-state index contributed by atoms with van der Waals surface area (Å²) in [5, 5.41) is 21.5. The van der Waals surface area contributed by atoms with Gasteiger partial charge in [0.2, 0.25) is 0 Å². The van der Waals surface area contributed by atoms with Gasteiger partial charge >= 0.3 is 0 Å². The molecule has 0 aliphatic carbocycles. The monoisotopic (exact) mass is 502 g/mol. The third-order valence-corrected chi connectivity index (χ3v) is 4.98. The summed E-state index contributed by atoms with van der Waals surface area (Å²) < 4.78 is 0. The van der Waals surface area contributed by atoms with Crippen LogP contribution in [0.3, 0.4) is 0 Å². The van der Waals surface area contributed by atoms with Gasteiger partial charge in [-0.3, -0.25) is 4.79 Å². The molecule has 1 aromatic carbocycles. The molecule has 0 bridgehead atoms. The van der Waals surface area contributed by atoms with Gasteiger partial charge in [0.1, 0.15) is 5.60 Å². The Kier molecular flexibility index (Phi) is 9.75. The first-order chi connectivity index (χ1) is 12.5. The smallest absolute Gasteiger partial charge is 0.251 e. The number of amides is 1. The average molecular weight is 502 g/mol. The predicted molar refractivity (Wildman–Crippen MR) is 122 cm³/mol. The minimum atomic E-state index is -0.959. The second-order valence-electron chi connectivity index (χ2n) is 6.08. The van der Waals surface area contributed by atoms with E-state index in [1.54, 1.807) is 26.1 Å². The van der Waals surface area contributed by atoms with E-state index in [9.17, 15) is 9.90 Å². The van der Waals surface area contributed by atoms with Crippen LogP contribution < -0.4 is 16.0 Å². The van der Waals surface area contributed by atoms with Crippen molar-refractivity contribution in [2.75, 3.05) is 20.1 Å². The van der Waals surface area contributed by atoms with Crippen molar-refractivity contribution in [3.05, 3.63) is 57.8 Å². The van der Waals surface area contributed by atoms with Crippen LogP contribution in [0.1, 0.15) is 34.6 Å². The summed E-state index contributed by atoms with van der Waals surface area (Å²) in [6.07, 6.45) is 0. The van der Waals surface area contributed by atoms with E-state index in [-0.39, 0.29) is 29.9 Å². The van der Waals surface area contributed by atoms with Crippen LogP contribution >= 0.6 is 35.3 Å². The van der Waals surface area contributed by atoms with Gasteiger partial charge in [-0.2, -0.15) is 0 Å². The van der Waals surface area contributed by atoms with E-state index < -0.39 is 5.60 Å². The number of nitrogens with zero attached hydrogens (tertiary/aromatic N) is 1. The van der Waals surface area contributed by atoms with Crippen LogP contribution in [0.25, 0.3) is 0 Å². The number of aliphatic hydroxyl groups is 1. The number of aliphatic imine (C=N–C) groups is 1. The Bertz CT molecular complexity index is 731. The van der Waals surface area contributed by atoms with E-state index in [0.29, 0.717) is 24.6 Å². The number of carbonyl (C=O) groups excluding carboxylic acids is 1. The maximum atomic E-state index is 11.6. The molecule has 1 aromatic heterocycles. The molecule has 1 unspecified atom stereocenters. The summed E-state index contributed by atoms with van der Waals surface area (Å²) in [6.45, 7) is 5.34. The van der Waals surface area contributed by atoms with Gasteiger partial charge in [-0.05, 0) is 43.0 Å². The Hall–Kier alpha value is -1.65. The van der Waals surface area contributed by atoms with Crippen molar-refractivity contribution in [2.24, 2.45) is 4.99 Å². The summed E-state index contributed by atoms with van der Waals surface area (Å²) in [7, 11) is 1.61. The highest BCUT2D eigenvalue weighted by Crippen LogP contribution is 2.24. The number of hydrogen-bond acceptors (Lipinski definition) is 4. The molecule has 148 valence electrons. The first kappa shape index (κ1) is 23.4. The second-order valence-corrected chi connectivity index (χ2v) is 7.02. The molecule has 1 heterocycles. The molecule has 4 N–H and O–H groups in total. The summed E-state index contributed by atoms with van der Waals surface area (Å²) >= 11 is 1.53. The molecule has 27 heavy (non-hydrogen) atoms. The van der Waals surface area contributed by atoms with Gasteiger partial charge in [-0.1, -0.05) is 18.2 Å². The molecule has 0 fully saturated rings. The number of nitrogens with one attached hydrogen (secondary N) is 3. The SMILES string of the molecule is CCNC(=NCc1ccc(C(=O)NC)cc1)NCC(C)(O)c1cccs1.I. The van der Waals surface area contributed by atoms with Gasteiger partial charge in [0.15, 0.2) is 5.96 Å². The minimum absolute atomic E-state index is 0. The van der Waals surface area contributed by atoms with Crippen molar-refractivity contribution >= 4 is 47.2 Å². The number of halogens is 1. The third-order valence-electron chi connectivity index (χ3n) is 3.86. The van der Waals surface area contributed by atoms with Crippen molar-refractivity contribution in [1.29, 1.82) is 0 Å². The van der Waals surface area contributed by atoms with Crippen LogP contribution in [0, 0.1) is 0 Å². The van der Waals surface area contributed by atoms with Gasteiger partial charge in [0.25, 0.3) is 5.91 Å². The summed E-state index contributed by atoms with van der Waals surface area (Å²) in [6, 6.07) is 11.2. The minimum Gasteiger partial charge on any atom is -0.383 e. The van der Waals surface area contributed by atoms with Crippen molar-refractivity contribution in [1.82, 2.24) is 16.0 Å². The lowest BCUT2D eigenvalue weighted by molar-refractivity contribution is 0.0655. The molecule has 0 radical (unpaired) electrons. The van der Waals surface area contributed by atoms with E-state index in [2.05, 4.69) is 20.9 Å². The Morgan fingerprint density at radius 1 is 1.22 bits per heavy atom. The fourth-order valence-corrected chi connectivity index (χ4v) is 3.13. The predicted octanol–water partition coefficient (Wildman–Crippen LogP) is 2.69. The van der Waals surface area contributed by atoms with Gasteiger partial charge in [-0.25, -0.2) is 4.99 Å². The maximum Gasteiger partial charge on any atom is 0.251 e. The van der Waals surface area contributed by atoms with Crippen LogP contribution in [-0.4, -0.2) is 37.1 Å². The van der Waals surface area contributed by atoms with Gasteiger partial charge in [0.05, 0.1) is 13.1 Å². The Labute approximate surface area is 181 Å². The highest BCUT2D eigenvalue weighted by Gasteiger charge is 2.24. The van der Waals surface area contributed by atoms with Gasteiger partial charge in [0, 0.05) is 24.0 Å². The first-order valence-electron chi connectivity index (χ1n) is 8.56. The molecule has 0 spiro atoms. The Balaban J connectivity index is 0.00000364. The largest absolute Gasteiger partial charge is 0.383 e. The molecular weight excluding hydrogens is 475 g/mol. The average Bonchev–Trinajstić information content (AvgIpc) is 3.19. The maximum absolute atomic E-state index is 11.6. The molecule has 0 aliphatic rings. The molecule has 0 aliphatic heterocycles. The molecule has 1 amide bonds. The van der Waals surface area contributed by atoms with Crippen LogP contribution in [0.2, 0.25) is 0 Å². The molecule has 2 rings (SSSR count). The fraction of sp³-hybridized carbons (Fsp3) is 0.368. The number of rotatable bonds is 7. The topological polar surface area (TPSA) is 85.8 Å². The van der Waals surface area contributed by atoms with Gasteiger partial charge in [-0.15, -0.1) is 35.3 Å². The van der Waals surface area contributed by atoms with Crippen molar-refractivity contribution < 1.29 is 9.90 Å². The summed E-state index contributed by atoms with van der Waals surface area (Å²) in [5.74, 6) is 0.533. The Morgan fingerprint density at radius 3 is 2.48 bits per heavy atom. The molecule has 8 heteroatoms. The van der Waals surface area contributed by atoms with E-state index in [0.717, 1.165) is 17.0 Å². The van der Waals surface area contributed by atoms with Crippen LogP contribution in [0.15, 0.2) is 46.8 Å². The number of hydrogen-bond donors (Lipinski definition) is 4. The zero-order chi connectivity index (χ0) is 19.0. The normalized spacial score (nSPS) is 13.3. The number of benzene rings is 1. The molecule has 0 saturated heterocycles. The van der Waals surface area contributed by atoms with Crippen molar-refractivity contribution in [2.45, 2.75) is 26.0 Å². The summed E-state index contributed by atoms with van der Waals surface area (Å²) in [5.41, 5.74) is 0.664. The number of thiophene rings is 1. The standard InChI is InChI=1S/C19H26N4O2S.HI/c1-4-21-18(23-13-19(2,25)16-6-5-11-26-16)22-12-14-7-9-15(10-8-14)17(24)20-3;/h5-11,25H,4,12-13H2,1-3H3,(H,20,24)(H2,21,22,23);1H. The molecule has 1 atom stereocenters. The first-order valence-corrected chi connectivity index (χ1v) is 9.44. The van der Waals surface area contributed by atoms with Gasteiger partial charge < -0.3 is 21.1 Å². The fourth-order valence-electron chi connectivity index (χ4n) is 2.35. The van der Waals surface area contributed by atoms with Crippen LogP contribution in [-0.2, 0) is 12.1 Å². The third kappa shape index (κ3) is 7.11. The number of guanidine groups is 1. The summed E-state index contributed by atoms with van der Waals surface area (Å²) in [4.78, 5) is 17.0. The molecule has 0 saturated carbocycles. The lowest BCUT2D eigenvalue weighted by Crippen LogP contribution is -2.44. The van der Waals surface area contributed by atoms with Crippen molar-refractivity contribution in [3.63, 3.8) is 0 Å². The van der Waals surface area contributed by atoms with Crippen LogP contribution in [0.4, 0.5) is 0 Å². The second kappa shape index (κ2) is 11.3. The van der Waals surface area contributed by atoms with E-state index >= 15 is 0 Å².